The molecular formula is C12H14Br2O3. The highest BCUT2D eigenvalue weighted by Crippen LogP contribution is 2.37. The zero-order valence-electron chi connectivity index (χ0n) is 9.76. The van der Waals surface area contributed by atoms with Crippen LogP contribution in [0.5, 0.6) is 11.5 Å². The summed E-state index contributed by atoms with van der Waals surface area (Å²) < 4.78 is 12.2. The third-order valence-electron chi connectivity index (χ3n) is 1.98. The third-order valence-corrected chi connectivity index (χ3v) is 3.16. The second-order valence-corrected chi connectivity index (χ2v) is 5.22. The predicted octanol–water partition coefficient (Wildman–Crippen LogP) is 4.32. The van der Waals surface area contributed by atoms with Crippen LogP contribution in [0.2, 0.25) is 0 Å². The number of carbonyl (C=O) groups excluding carboxylic acids is 1. The van der Waals surface area contributed by atoms with Gasteiger partial charge in [0.2, 0.25) is 0 Å². The van der Waals surface area contributed by atoms with E-state index < -0.39 is 0 Å². The van der Waals surface area contributed by atoms with E-state index in [1.807, 2.05) is 0 Å². The van der Waals surface area contributed by atoms with Crippen molar-refractivity contribution < 1.29 is 14.3 Å². The van der Waals surface area contributed by atoms with Gasteiger partial charge < -0.3 is 9.47 Å². The summed E-state index contributed by atoms with van der Waals surface area (Å²) >= 11 is 6.79. The van der Waals surface area contributed by atoms with Gasteiger partial charge in [0.15, 0.2) is 0 Å². The molecule has 0 aliphatic carbocycles. The lowest BCUT2D eigenvalue weighted by atomic mass is 10.3. The Morgan fingerprint density at radius 3 is 2.35 bits per heavy atom. The molecule has 1 aromatic rings. The molecule has 0 saturated heterocycles. The van der Waals surface area contributed by atoms with Gasteiger partial charge in [0.25, 0.3) is 0 Å². The van der Waals surface area contributed by atoms with Crippen LogP contribution in [-0.4, -0.2) is 12.6 Å². The van der Waals surface area contributed by atoms with Crippen LogP contribution in [0.25, 0.3) is 0 Å². The fourth-order valence-corrected chi connectivity index (χ4v) is 2.59. The molecule has 3 nitrogen and oxygen atoms in total. The summed E-state index contributed by atoms with van der Waals surface area (Å²) in [7, 11) is 0. The molecule has 0 N–H and O–H groups in total. The molecule has 0 atom stereocenters. The van der Waals surface area contributed by atoms with Crippen LogP contribution in [0.15, 0.2) is 21.1 Å². The number of esters is 1. The van der Waals surface area contributed by atoms with Gasteiger partial charge in [-0.25, -0.2) is 0 Å². The van der Waals surface area contributed by atoms with Gasteiger partial charge in [0.1, 0.15) is 11.5 Å². The topological polar surface area (TPSA) is 35.5 Å². The first-order valence-corrected chi connectivity index (χ1v) is 6.93. The Kier molecular flexibility index (Phi) is 5.98. The zero-order chi connectivity index (χ0) is 12.8. The van der Waals surface area contributed by atoms with Gasteiger partial charge in [0, 0.05) is 6.92 Å². The average molecular weight is 366 g/mol. The van der Waals surface area contributed by atoms with Crippen molar-refractivity contribution in [2.24, 2.45) is 0 Å². The van der Waals surface area contributed by atoms with Crippen LogP contribution >= 0.6 is 31.9 Å². The van der Waals surface area contributed by atoms with Crippen molar-refractivity contribution in [3.05, 3.63) is 21.1 Å². The Labute approximate surface area is 118 Å². The summed E-state index contributed by atoms with van der Waals surface area (Å²) in [6.07, 6.45) is 2.09. The normalized spacial score (nSPS) is 10.1. The summed E-state index contributed by atoms with van der Waals surface area (Å²) in [5, 5.41) is 0. The van der Waals surface area contributed by atoms with Gasteiger partial charge >= 0.3 is 5.97 Å². The van der Waals surface area contributed by atoms with Crippen LogP contribution in [0, 0.1) is 0 Å². The lowest BCUT2D eigenvalue weighted by molar-refractivity contribution is -0.131. The standard InChI is InChI=1S/C12H14Br2O3/c1-3-4-5-16-12-10(13)6-9(7-11(12)14)17-8(2)15/h6-7H,3-5H2,1-2H3. The molecule has 1 rings (SSSR count). The van der Waals surface area contributed by atoms with E-state index in [9.17, 15) is 4.79 Å². The molecule has 0 saturated carbocycles. The molecule has 17 heavy (non-hydrogen) atoms. The molecule has 1 aromatic carbocycles. The summed E-state index contributed by atoms with van der Waals surface area (Å²) in [6, 6.07) is 3.43. The van der Waals surface area contributed by atoms with Crippen molar-refractivity contribution >= 4 is 37.8 Å². The molecule has 5 heteroatoms. The zero-order valence-corrected chi connectivity index (χ0v) is 12.9. The van der Waals surface area contributed by atoms with Crippen molar-refractivity contribution in [1.29, 1.82) is 0 Å². The summed E-state index contributed by atoms with van der Waals surface area (Å²) in [5.41, 5.74) is 0. The lowest BCUT2D eigenvalue weighted by Crippen LogP contribution is -2.02. The number of carbonyl (C=O) groups is 1. The van der Waals surface area contributed by atoms with E-state index >= 15 is 0 Å². The van der Waals surface area contributed by atoms with Crippen molar-refractivity contribution in [3.63, 3.8) is 0 Å². The van der Waals surface area contributed by atoms with E-state index in [2.05, 4.69) is 38.8 Å². The quantitative estimate of drug-likeness (QED) is 0.443. The van der Waals surface area contributed by atoms with Crippen LogP contribution < -0.4 is 9.47 Å². The van der Waals surface area contributed by atoms with Gasteiger partial charge in [-0.2, -0.15) is 0 Å². The second kappa shape index (κ2) is 7.01. The Bertz CT molecular complexity index is 382. The molecular weight excluding hydrogens is 352 g/mol. The highest BCUT2D eigenvalue weighted by atomic mass is 79.9. The highest BCUT2D eigenvalue weighted by Gasteiger charge is 2.10. The Balaban J connectivity index is 2.82. The smallest absolute Gasteiger partial charge is 0.308 e. The molecule has 0 unspecified atom stereocenters. The molecule has 0 spiro atoms. The van der Waals surface area contributed by atoms with Gasteiger partial charge in [-0.05, 0) is 50.4 Å². The summed E-state index contributed by atoms with van der Waals surface area (Å²) in [4.78, 5) is 10.8. The van der Waals surface area contributed by atoms with Crippen molar-refractivity contribution in [2.75, 3.05) is 6.61 Å². The molecule has 94 valence electrons. The van der Waals surface area contributed by atoms with Gasteiger partial charge in [-0.3, -0.25) is 4.79 Å². The molecule has 0 fully saturated rings. The second-order valence-electron chi connectivity index (χ2n) is 3.51. The van der Waals surface area contributed by atoms with E-state index in [4.69, 9.17) is 9.47 Å². The van der Waals surface area contributed by atoms with E-state index in [-0.39, 0.29) is 5.97 Å². The minimum atomic E-state index is -0.344. The number of ether oxygens (including phenoxy) is 2. The van der Waals surface area contributed by atoms with Gasteiger partial charge in [-0.15, -0.1) is 0 Å². The Morgan fingerprint density at radius 2 is 1.88 bits per heavy atom. The molecule has 0 bridgehead atoms. The Hall–Kier alpha value is -0.550. The van der Waals surface area contributed by atoms with E-state index in [1.54, 1.807) is 12.1 Å². The minimum absolute atomic E-state index is 0.344. The number of hydrogen-bond acceptors (Lipinski definition) is 3. The lowest BCUT2D eigenvalue weighted by Gasteiger charge is -2.11. The summed E-state index contributed by atoms with van der Waals surface area (Å²) in [6.45, 7) is 4.14. The molecule has 0 heterocycles. The van der Waals surface area contributed by atoms with Crippen molar-refractivity contribution in [2.45, 2.75) is 26.7 Å². The number of halogens is 2. The van der Waals surface area contributed by atoms with Crippen LogP contribution in [0.4, 0.5) is 0 Å². The number of benzene rings is 1. The maximum Gasteiger partial charge on any atom is 0.308 e. The van der Waals surface area contributed by atoms with Crippen LogP contribution in [0.1, 0.15) is 26.7 Å². The molecule has 0 radical (unpaired) electrons. The largest absolute Gasteiger partial charge is 0.491 e. The number of unbranched alkanes of at least 4 members (excludes halogenated alkanes) is 1. The van der Waals surface area contributed by atoms with E-state index in [0.29, 0.717) is 12.4 Å². The van der Waals surface area contributed by atoms with Crippen LogP contribution in [0.3, 0.4) is 0 Å². The SMILES string of the molecule is CCCCOc1c(Br)cc(OC(C)=O)cc1Br. The van der Waals surface area contributed by atoms with Crippen molar-refractivity contribution in [1.82, 2.24) is 0 Å². The summed E-state index contributed by atoms with van der Waals surface area (Å²) in [5.74, 6) is 0.872. The first-order chi connectivity index (χ1) is 8.04. The first-order valence-electron chi connectivity index (χ1n) is 5.34. The maximum absolute atomic E-state index is 10.8. The fourth-order valence-electron chi connectivity index (χ4n) is 1.22. The average Bonchev–Trinajstić information content (AvgIpc) is 2.21. The third kappa shape index (κ3) is 4.68. The molecule has 0 aliphatic heterocycles. The van der Waals surface area contributed by atoms with Crippen molar-refractivity contribution in [3.8, 4) is 11.5 Å². The van der Waals surface area contributed by atoms with Gasteiger partial charge in [0.05, 0.1) is 15.6 Å². The Morgan fingerprint density at radius 1 is 1.29 bits per heavy atom. The van der Waals surface area contributed by atoms with E-state index in [1.165, 1.54) is 6.92 Å². The fraction of sp³-hybridized carbons (Fsp3) is 0.417. The molecule has 0 amide bonds. The minimum Gasteiger partial charge on any atom is -0.491 e. The highest BCUT2D eigenvalue weighted by molar-refractivity contribution is 9.11. The van der Waals surface area contributed by atoms with E-state index in [0.717, 1.165) is 27.5 Å². The number of rotatable bonds is 5. The first kappa shape index (κ1) is 14.5. The van der Waals surface area contributed by atoms with Gasteiger partial charge in [-0.1, -0.05) is 13.3 Å². The maximum atomic E-state index is 10.8. The number of hydrogen-bond donors (Lipinski definition) is 0. The monoisotopic (exact) mass is 364 g/mol. The predicted molar refractivity (Wildman–Crippen MR) is 73.6 cm³/mol. The molecule has 0 aliphatic rings. The molecule has 0 aromatic heterocycles. The van der Waals surface area contributed by atoms with Crippen LogP contribution in [-0.2, 0) is 4.79 Å².